The van der Waals surface area contributed by atoms with Crippen molar-refractivity contribution in [2.24, 2.45) is 11.7 Å². The number of anilines is 2. The molecule has 154 valence electrons. The summed E-state index contributed by atoms with van der Waals surface area (Å²) in [7, 11) is 0. The van der Waals surface area contributed by atoms with Gasteiger partial charge in [-0.3, -0.25) is 9.59 Å². The van der Waals surface area contributed by atoms with Crippen LogP contribution in [0.25, 0.3) is 0 Å². The Morgan fingerprint density at radius 2 is 1.93 bits per heavy atom. The van der Waals surface area contributed by atoms with E-state index in [4.69, 9.17) is 5.73 Å². The van der Waals surface area contributed by atoms with Crippen molar-refractivity contribution in [3.63, 3.8) is 0 Å². The number of aromatic nitrogens is 1. The molecule has 9 heteroatoms. The standard InChI is InChI=1S/C20H21F3N4O2/c21-20(22,23)16-4-1-9-25-18(16)27-10-2-3-14(12-27)19(29)26-15-7-5-13(6-8-15)11-17(24)28/h1,4-9,14H,2-3,10-12H2,(H2,24,28)(H,26,29). The zero-order valence-electron chi connectivity index (χ0n) is 15.6. The fourth-order valence-electron chi connectivity index (χ4n) is 3.41. The van der Waals surface area contributed by atoms with Crippen LogP contribution >= 0.6 is 0 Å². The van der Waals surface area contributed by atoms with Crippen molar-refractivity contribution in [1.29, 1.82) is 0 Å². The van der Waals surface area contributed by atoms with Gasteiger partial charge in [-0.15, -0.1) is 0 Å². The Morgan fingerprint density at radius 1 is 1.21 bits per heavy atom. The first-order valence-electron chi connectivity index (χ1n) is 9.19. The molecule has 0 bridgehead atoms. The summed E-state index contributed by atoms with van der Waals surface area (Å²) in [4.78, 5) is 29.0. The van der Waals surface area contributed by atoms with Crippen LogP contribution in [0.2, 0.25) is 0 Å². The number of rotatable bonds is 5. The number of nitrogens with two attached hydrogens (primary N) is 1. The number of pyridine rings is 1. The lowest BCUT2D eigenvalue weighted by Crippen LogP contribution is -2.42. The summed E-state index contributed by atoms with van der Waals surface area (Å²) in [6.07, 6.45) is -1.91. The van der Waals surface area contributed by atoms with Gasteiger partial charge >= 0.3 is 6.18 Å². The molecule has 1 aromatic heterocycles. The average molecular weight is 406 g/mol. The third kappa shape index (κ3) is 5.24. The van der Waals surface area contributed by atoms with Crippen molar-refractivity contribution in [2.75, 3.05) is 23.3 Å². The smallest absolute Gasteiger partial charge is 0.369 e. The van der Waals surface area contributed by atoms with Gasteiger partial charge in [0.25, 0.3) is 0 Å². The first-order chi connectivity index (χ1) is 13.7. The largest absolute Gasteiger partial charge is 0.419 e. The van der Waals surface area contributed by atoms with Crippen LogP contribution in [0.4, 0.5) is 24.7 Å². The topological polar surface area (TPSA) is 88.3 Å². The molecule has 1 aliphatic heterocycles. The number of primary amides is 1. The second-order valence-electron chi connectivity index (χ2n) is 6.99. The second-order valence-corrected chi connectivity index (χ2v) is 6.99. The fourth-order valence-corrected chi connectivity index (χ4v) is 3.41. The number of nitrogens with zero attached hydrogens (tertiary/aromatic N) is 2. The van der Waals surface area contributed by atoms with Crippen LogP contribution in [0.1, 0.15) is 24.0 Å². The highest BCUT2D eigenvalue weighted by Crippen LogP contribution is 2.36. The Hall–Kier alpha value is -3.10. The van der Waals surface area contributed by atoms with Crippen LogP contribution in [0.3, 0.4) is 0 Å². The summed E-state index contributed by atoms with van der Waals surface area (Å²) >= 11 is 0. The molecule has 1 fully saturated rings. The molecule has 3 N–H and O–H groups in total. The zero-order chi connectivity index (χ0) is 21.0. The lowest BCUT2D eigenvalue weighted by molar-refractivity contribution is -0.137. The number of hydrogen-bond acceptors (Lipinski definition) is 4. The molecule has 0 radical (unpaired) electrons. The van der Waals surface area contributed by atoms with Crippen molar-refractivity contribution in [1.82, 2.24) is 4.98 Å². The van der Waals surface area contributed by atoms with E-state index in [1.54, 1.807) is 24.3 Å². The summed E-state index contributed by atoms with van der Waals surface area (Å²) in [5.74, 6) is -1.32. The Kier molecular flexibility index (Phi) is 6.05. The van der Waals surface area contributed by atoms with Gasteiger partial charge in [-0.1, -0.05) is 12.1 Å². The van der Waals surface area contributed by atoms with E-state index in [1.807, 2.05) is 0 Å². The zero-order valence-corrected chi connectivity index (χ0v) is 15.6. The maximum absolute atomic E-state index is 13.3. The van der Waals surface area contributed by atoms with E-state index >= 15 is 0 Å². The number of hydrogen-bond donors (Lipinski definition) is 2. The molecule has 1 saturated heterocycles. The Bertz CT molecular complexity index is 884. The minimum Gasteiger partial charge on any atom is -0.369 e. The van der Waals surface area contributed by atoms with Crippen LogP contribution in [0.5, 0.6) is 0 Å². The number of piperidine rings is 1. The molecule has 0 aliphatic carbocycles. The van der Waals surface area contributed by atoms with E-state index in [2.05, 4.69) is 10.3 Å². The summed E-state index contributed by atoms with van der Waals surface area (Å²) < 4.78 is 39.9. The number of amides is 2. The molecule has 1 aliphatic rings. The lowest BCUT2D eigenvalue weighted by atomic mass is 9.96. The van der Waals surface area contributed by atoms with Gasteiger partial charge in [0.2, 0.25) is 11.8 Å². The predicted octanol–water partition coefficient (Wildman–Crippen LogP) is 2.98. The van der Waals surface area contributed by atoms with Gasteiger partial charge in [0.15, 0.2) is 0 Å². The Labute approximate surface area is 165 Å². The normalized spacial score (nSPS) is 17.1. The van der Waals surface area contributed by atoms with Gasteiger partial charge in [-0.25, -0.2) is 4.98 Å². The molecule has 1 aromatic carbocycles. The number of benzene rings is 1. The van der Waals surface area contributed by atoms with Gasteiger partial charge in [-0.2, -0.15) is 13.2 Å². The number of nitrogens with one attached hydrogen (secondary N) is 1. The van der Waals surface area contributed by atoms with Crippen molar-refractivity contribution < 1.29 is 22.8 Å². The molecular weight excluding hydrogens is 385 g/mol. The molecule has 1 unspecified atom stereocenters. The molecule has 0 saturated carbocycles. The molecule has 2 heterocycles. The van der Waals surface area contributed by atoms with E-state index in [0.29, 0.717) is 25.1 Å². The number of carbonyl (C=O) groups is 2. The van der Waals surface area contributed by atoms with Crippen molar-refractivity contribution in [2.45, 2.75) is 25.4 Å². The molecule has 6 nitrogen and oxygen atoms in total. The first-order valence-corrected chi connectivity index (χ1v) is 9.19. The fraction of sp³-hybridized carbons (Fsp3) is 0.350. The quantitative estimate of drug-likeness (QED) is 0.799. The molecular formula is C20H21F3N4O2. The Balaban J connectivity index is 1.68. The summed E-state index contributed by atoms with van der Waals surface area (Å²) in [5.41, 5.74) is 5.63. The van der Waals surface area contributed by atoms with Crippen LogP contribution in [-0.2, 0) is 22.2 Å². The van der Waals surface area contributed by atoms with Crippen molar-refractivity contribution in [3.8, 4) is 0 Å². The molecule has 29 heavy (non-hydrogen) atoms. The molecule has 3 rings (SSSR count). The minimum absolute atomic E-state index is 0.109. The van der Waals surface area contributed by atoms with Gasteiger partial charge in [0, 0.05) is 25.0 Å². The summed E-state index contributed by atoms with van der Waals surface area (Å²) in [5, 5.41) is 2.78. The Morgan fingerprint density at radius 3 is 2.59 bits per heavy atom. The monoisotopic (exact) mass is 406 g/mol. The van der Waals surface area contributed by atoms with Gasteiger partial charge in [-0.05, 0) is 42.7 Å². The third-order valence-electron chi connectivity index (χ3n) is 4.78. The summed E-state index contributed by atoms with van der Waals surface area (Å²) in [6, 6.07) is 8.96. The molecule has 2 amide bonds. The van der Waals surface area contributed by atoms with Crippen molar-refractivity contribution in [3.05, 3.63) is 53.7 Å². The summed E-state index contributed by atoms with van der Waals surface area (Å²) in [6.45, 7) is 0.567. The van der Waals surface area contributed by atoms with Crippen LogP contribution in [-0.4, -0.2) is 29.9 Å². The predicted molar refractivity (Wildman–Crippen MR) is 102 cm³/mol. The maximum atomic E-state index is 13.3. The third-order valence-corrected chi connectivity index (χ3v) is 4.78. The van der Waals surface area contributed by atoms with E-state index in [1.165, 1.54) is 17.2 Å². The maximum Gasteiger partial charge on any atom is 0.419 e. The van der Waals surface area contributed by atoms with E-state index in [0.717, 1.165) is 11.6 Å². The molecule has 2 aromatic rings. The lowest BCUT2D eigenvalue weighted by Gasteiger charge is -2.34. The first kappa shape index (κ1) is 20.6. The van der Waals surface area contributed by atoms with Gasteiger partial charge < -0.3 is 16.0 Å². The van der Waals surface area contributed by atoms with Crippen molar-refractivity contribution >= 4 is 23.3 Å². The van der Waals surface area contributed by atoms with Crippen LogP contribution < -0.4 is 16.0 Å². The van der Waals surface area contributed by atoms with Crippen LogP contribution in [0.15, 0.2) is 42.6 Å². The van der Waals surface area contributed by atoms with E-state index < -0.39 is 23.6 Å². The molecule has 0 spiro atoms. The highest BCUT2D eigenvalue weighted by Gasteiger charge is 2.37. The number of halogens is 3. The molecule has 1 atom stereocenters. The van der Waals surface area contributed by atoms with E-state index in [9.17, 15) is 22.8 Å². The van der Waals surface area contributed by atoms with Gasteiger partial charge in [0.05, 0.1) is 17.9 Å². The second kappa shape index (κ2) is 8.50. The van der Waals surface area contributed by atoms with E-state index in [-0.39, 0.29) is 24.7 Å². The van der Waals surface area contributed by atoms with Crippen LogP contribution in [0, 0.1) is 5.92 Å². The average Bonchev–Trinajstić information content (AvgIpc) is 2.68. The number of alkyl halides is 3. The highest BCUT2D eigenvalue weighted by molar-refractivity contribution is 5.93. The SMILES string of the molecule is NC(=O)Cc1ccc(NC(=O)C2CCCN(c3ncccc3C(F)(F)F)C2)cc1. The minimum atomic E-state index is -4.51. The highest BCUT2D eigenvalue weighted by atomic mass is 19.4. The van der Waals surface area contributed by atoms with Gasteiger partial charge in [0.1, 0.15) is 5.82 Å². The number of carbonyl (C=O) groups excluding carboxylic acids is 2.